The Labute approximate surface area is 116 Å². The van der Waals surface area contributed by atoms with Crippen molar-refractivity contribution in [3.63, 3.8) is 0 Å². The highest BCUT2D eigenvalue weighted by molar-refractivity contribution is 5.99. The van der Waals surface area contributed by atoms with Crippen molar-refractivity contribution in [1.29, 1.82) is 0 Å². The van der Waals surface area contributed by atoms with E-state index in [1.54, 1.807) is 0 Å². The molecule has 1 N–H and O–H groups in total. The lowest BCUT2D eigenvalue weighted by atomic mass is 9.84. The summed E-state index contributed by atoms with van der Waals surface area (Å²) >= 11 is 0. The Hall–Kier alpha value is -1.06. The summed E-state index contributed by atoms with van der Waals surface area (Å²) in [6, 6.07) is -0.331. The fourth-order valence-corrected chi connectivity index (χ4v) is 2.94. The summed E-state index contributed by atoms with van der Waals surface area (Å²) in [5.41, 5.74) is -0.647. The Morgan fingerprint density at radius 1 is 1.21 bits per heavy atom. The van der Waals surface area contributed by atoms with Crippen LogP contribution in [-0.4, -0.2) is 34.8 Å². The predicted molar refractivity (Wildman–Crippen MR) is 76.7 cm³/mol. The molecule has 2 amide bonds. The Morgan fingerprint density at radius 2 is 1.79 bits per heavy atom. The molecule has 0 aliphatic carbocycles. The molecular formula is C15H28N2O2. The van der Waals surface area contributed by atoms with Crippen LogP contribution in [0.1, 0.15) is 60.3 Å². The Kier molecular flexibility index (Phi) is 5.39. The number of nitrogens with one attached hydrogen (secondary N) is 1. The first-order valence-corrected chi connectivity index (χ1v) is 7.55. The summed E-state index contributed by atoms with van der Waals surface area (Å²) in [5, 5.41) is 2.93. The van der Waals surface area contributed by atoms with Gasteiger partial charge in [0.15, 0.2) is 0 Å². The molecule has 19 heavy (non-hydrogen) atoms. The van der Waals surface area contributed by atoms with E-state index in [1.165, 1.54) is 0 Å². The highest BCUT2D eigenvalue weighted by Gasteiger charge is 2.49. The maximum Gasteiger partial charge on any atom is 0.246 e. The van der Waals surface area contributed by atoms with Gasteiger partial charge in [-0.2, -0.15) is 0 Å². The lowest BCUT2D eigenvalue weighted by molar-refractivity contribution is -0.159. The van der Waals surface area contributed by atoms with E-state index in [0.717, 1.165) is 12.8 Å². The largest absolute Gasteiger partial charge is 0.342 e. The molecule has 1 heterocycles. The molecule has 1 fully saturated rings. The minimum atomic E-state index is -0.647. The van der Waals surface area contributed by atoms with Gasteiger partial charge in [-0.25, -0.2) is 0 Å². The average molecular weight is 268 g/mol. The van der Waals surface area contributed by atoms with E-state index >= 15 is 0 Å². The van der Waals surface area contributed by atoms with Crippen molar-refractivity contribution in [3.05, 3.63) is 0 Å². The van der Waals surface area contributed by atoms with Crippen LogP contribution in [-0.2, 0) is 9.59 Å². The molecule has 0 aromatic heterocycles. The highest BCUT2D eigenvalue weighted by atomic mass is 16.2. The van der Waals surface area contributed by atoms with Gasteiger partial charge in [-0.15, -0.1) is 0 Å². The van der Waals surface area contributed by atoms with Gasteiger partial charge in [0.1, 0.15) is 11.6 Å². The zero-order chi connectivity index (χ0) is 14.6. The fourth-order valence-electron chi connectivity index (χ4n) is 2.94. The molecule has 1 atom stereocenters. The number of carbonyl (C=O) groups excluding carboxylic acids is 2. The Morgan fingerprint density at radius 3 is 2.21 bits per heavy atom. The summed E-state index contributed by atoms with van der Waals surface area (Å²) in [7, 11) is 0. The van der Waals surface area contributed by atoms with Crippen molar-refractivity contribution in [1.82, 2.24) is 10.2 Å². The quantitative estimate of drug-likeness (QED) is 0.803. The lowest BCUT2D eigenvalue weighted by Crippen LogP contribution is -2.70. The molecule has 0 aromatic carbocycles. The van der Waals surface area contributed by atoms with Crippen molar-refractivity contribution >= 4 is 11.8 Å². The van der Waals surface area contributed by atoms with Crippen LogP contribution in [0.3, 0.4) is 0 Å². The van der Waals surface area contributed by atoms with Crippen molar-refractivity contribution in [3.8, 4) is 0 Å². The van der Waals surface area contributed by atoms with E-state index in [-0.39, 0.29) is 17.9 Å². The molecule has 1 aliphatic rings. The summed E-state index contributed by atoms with van der Waals surface area (Å²) < 4.78 is 0. The highest BCUT2D eigenvalue weighted by Crippen LogP contribution is 2.30. The van der Waals surface area contributed by atoms with Crippen LogP contribution in [0.15, 0.2) is 0 Å². The second-order valence-electron chi connectivity index (χ2n) is 5.90. The number of hydrogen-bond donors (Lipinski definition) is 1. The Balaban J connectivity index is 3.10. The molecule has 4 nitrogen and oxygen atoms in total. The Bertz CT molecular complexity index is 335. The predicted octanol–water partition coefficient (Wildman–Crippen LogP) is 2.33. The standard InChI is InChI=1S/C15H28N2O2/c1-6-9-12-13(18)17(10-11(4)5)15(7-2,8-3)14(19)16-12/h11-12H,6-10H2,1-5H3,(H,16,19). The maximum absolute atomic E-state index is 12.6. The second kappa shape index (κ2) is 6.40. The SMILES string of the molecule is CCCC1NC(=O)C(CC)(CC)N(CC(C)C)C1=O. The number of carbonyl (C=O) groups is 2. The van der Waals surface area contributed by atoms with E-state index < -0.39 is 5.54 Å². The third-order valence-electron chi connectivity index (χ3n) is 4.10. The van der Waals surface area contributed by atoms with Crippen LogP contribution in [0.25, 0.3) is 0 Å². The zero-order valence-corrected chi connectivity index (χ0v) is 13.0. The van der Waals surface area contributed by atoms with E-state index in [9.17, 15) is 9.59 Å². The zero-order valence-electron chi connectivity index (χ0n) is 13.0. The number of piperazine rings is 1. The minimum absolute atomic E-state index is 0.0243. The van der Waals surface area contributed by atoms with Crippen LogP contribution < -0.4 is 5.32 Å². The van der Waals surface area contributed by atoms with E-state index in [1.807, 2.05) is 25.7 Å². The summed E-state index contributed by atoms with van der Waals surface area (Å²) in [6.07, 6.45) is 2.97. The number of nitrogens with zero attached hydrogens (tertiary/aromatic N) is 1. The molecule has 1 rings (SSSR count). The van der Waals surface area contributed by atoms with Gasteiger partial charge >= 0.3 is 0 Å². The monoisotopic (exact) mass is 268 g/mol. The molecule has 0 radical (unpaired) electrons. The summed E-state index contributed by atoms with van der Waals surface area (Å²) in [6.45, 7) is 10.9. The summed E-state index contributed by atoms with van der Waals surface area (Å²) in [4.78, 5) is 27.0. The maximum atomic E-state index is 12.6. The molecule has 4 heteroatoms. The fraction of sp³-hybridized carbons (Fsp3) is 0.867. The molecule has 0 bridgehead atoms. The topological polar surface area (TPSA) is 49.4 Å². The van der Waals surface area contributed by atoms with E-state index in [0.29, 0.717) is 25.3 Å². The van der Waals surface area contributed by atoms with Crippen molar-refractivity contribution < 1.29 is 9.59 Å². The van der Waals surface area contributed by atoms with Gasteiger partial charge in [-0.3, -0.25) is 9.59 Å². The third-order valence-corrected chi connectivity index (χ3v) is 4.10. The number of rotatable bonds is 6. The average Bonchev–Trinajstić information content (AvgIpc) is 2.36. The summed E-state index contributed by atoms with van der Waals surface area (Å²) in [5.74, 6) is 0.490. The van der Waals surface area contributed by atoms with Gasteiger partial charge in [0.25, 0.3) is 0 Å². The molecule has 1 aliphatic heterocycles. The van der Waals surface area contributed by atoms with Gasteiger partial charge < -0.3 is 10.2 Å². The minimum Gasteiger partial charge on any atom is -0.342 e. The second-order valence-corrected chi connectivity index (χ2v) is 5.90. The van der Waals surface area contributed by atoms with Crippen molar-refractivity contribution in [2.75, 3.05) is 6.54 Å². The number of amides is 2. The smallest absolute Gasteiger partial charge is 0.246 e. The molecular weight excluding hydrogens is 240 g/mol. The first kappa shape index (κ1) is 16.0. The molecule has 1 saturated heterocycles. The van der Waals surface area contributed by atoms with Crippen LogP contribution in [0.2, 0.25) is 0 Å². The molecule has 1 unspecified atom stereocenters. The first-order valence-electron chi connectivity index (χ1n) is 7.55. The van der Waals surface area contributed by atoms with Gasteiger partial charge in [0.2, 0.25) is 11.8 Å². The molecule has 0 aromatic rings. The van der Waals surface area contributed by atoms with Crippen molar-refractivity contribution in [2.45, 2.75) is 71.9 Å². The molecule has 0 saturated carbocycles. The van der Waals surface area contributed by atoms with Crippen molar-refractivity contribution in [2.24, 2.45) is 5.92 Å². The normalized spacial score (nSPS) is 22.8. The van der Waals surface area contributed by atoms with Gasteiger partial charge in [0, 0.05) is 6.54 Å². The van der Waals surface area contributed by atoms with Gasteiger partial charge in [-0.05, 0) is 25.2 Å². The van der Waals surface area contributed by atoms with Gasteiger partial charge in [-0.1, -0.05) is 41.0 Å². The first-order chi connectivity index (χ1) is 8.92. The number of hydrogen-bond acceptors (Lipinski definition) is 2. The van der Waals surface area contributed by atoms with Crippen LogP contribution in [0.5, 0.6) is 0 Å². The van der Waals surface area contributed by atoms with Crippen LogP contribution >= 0.6 is 0 Å². The van der Waals surface area contributed by atoms with E-state index in [2.05, 4.69) is 19.2 Å². The van der Waals surface area contributed by atoms with Crippen LogP contribution in [0, 0.1) is 5.92 Å². The lowest BCUT2D eigenvalue weighted by Gasteiger charge is -2.48. The molecule has 110 valence electrons. The van der Waals surface area contributed by atoms with E-state index in [4.69, 9.17) is 0 Å². The third kappa shape index (κ3) is 2.93. The van der Waals surface area contributed by atoms with Gasteiger partial charge in [0.05, 0.1) is 0 Å². The van der Waals surface area contributed by atoms with Crippen LogP contribution in [0.4, 0.5) is 0 Å². The molecule has 0 spiro atoms.